The Kier molecular flexibility index (Phi) is 7.79. The number of rotatable bonds is 6. The van der Waals surface area contributed by atoms with Crippen molar-refractivity contribution in [1.29, 1.82) is 0 Å². The fourth-order valence-electron chi connectivity index (χ4n) is 2.14. The number of hydrogen-bond acceptors (Lipinski definition) is 5. The molecule has 0 aliphatic heterocycles. The number of guanidine groups is 1. The van der Waals surface area contributed by atoms with Crippen molar-refractivity contribution in [2.45, 2.75) is 13.0 Å². The van der Waals surface area contributed by atoms with Crippen molar-refractivity contribution in [2.24, 2.45) is 10.7 Å². The van der Waals surface area contributed by atoms with Crippen LogP contribution in [0.25, 0.3) is 11.4 Å². The quantitative estimate of drug-likeness (QED) is 0.317. The Hall–Kier alpha value is -2.20. The molecule has 9 heteroatoms. The van der Waals surface area contributed by atoms with Gasteiger partial charge in [0, 0.05) is 35.4 Å². The molecular weight excluding hydrogens is 467 g/mol. The first-order chi connectivity index (χ1) is 12.2. The van der Waals surface area contributed by atoms with Crippen LogP contribution in [0.3, 0.4) is 0 Å². The summed E-state index contributed by atoms with van der Waals surface area (Å²) >= 11 is 5.96. The van der Waals surface area contributed by atoms with Gasteiger partial charge in [0.1, 0.15) is 6.54 Å². The molecule has 0 fully saturated rings. The third-order valence-electron chi connectivity index (χ3n) is 3.35. The third kappa shape index (κ3) is 5.95. The Morgan fingerprint density at radius 2 is 2.12 bits per heavy atom. The van der Waals surface area contributed by atoms with Crippen molar-refractivity contribution >= 4 is 41.5 Å². The maximum absolute atomic E-state index is 5.96. The molecule has 26 heavy (non-hydrogen) atoms. The first-order valence-corrected chi connectivity index (χ1v) is 8.11. The molecule has 7 nitrogen and oxygen atoms in total. The van der Waals surface area contributed by atoms with Gasteiger partial charge in [0.25, 0.3) is 0 Å². The first kappa shape index (κ1) is 20.1. The molecule has 0 amide bonds. The molecule has 3 rings (SSSR count). The number of benzene rings is 1. The lowest BCUT2D eigenvalue weighted by Gasteiger charge is -2.04. The highest BCUT2D eigenvalue weighted by atomic mass is 127. The van der Waals surface area contributed by atoms with E-state index in [0.717, 1.165) is 17.7 Å². The van der Waals surface area contributed by atoms with E-state index in [9.17, 15) is 0 Å². The van der Waals surface area contributed by atoms with Gasteiger partial charge in [0.05, 0.1) is 0 Å². The van der Waals surface area contributed by atoms with Crippen molar-refractivity contribution in [3.63, 3.8) is 0 Å². The van der Waals surface area contributed by atoms with Gasteiger partial charge in [0.2, 0.25) is 11.7 Å². The summed E-state index contributed by atoms with van der Waals surface area (Å²) in [5.74, 6) is 1.16. The van der Waals surface area contributed by atoms with E-state index in [0.29, 0.717) is 29.2 Å². The smallest absolute Gasteiger partial charge is 0.248 e. The minimum Gasteiger partial charge on any atom is -0.370 e. The summed E-state index contributed by atoms with van der Waals surface area (Å²) in [5.41, 5.74) is 7.61. The minimum atomic E-state index is 0. The monoisotopic (exact) mass is 484 g/mol. The summed E-state index contributed by atoms with van der Waals surface area (Å²) in [6.45, 7) is 0.847. The molecule has 136 valence electrons. The Bertz CT molecular complexity index is 855. The van der Waals surface area contributed by atoms with Crippen LogP contribution >= 0.6 is 35.6 Å². The van der Waals surface area contributed by atoms with Crippen molar-refractivity contribution in [1.82, 2.24) is 20.4 Å². The van der Waals surface area contributed by atoms with Gasteiger partial charge in [-0.1, -0.05) is 35.0 Å². The number of hydrogen-bond donors (Lipinski definition) is 2. The Labute approximate surface area is 173 Å². The van der Waals surface area contributed by atoms with Crippen molar-refractivity contribution in [2.75, 3.05) is 6.54 Å². The topological polar surface area (TPSA) is 102 Å². The van der Waals surface area contributed by atoms with Gasteiger partial charge < -0.3 is 15.6 Å². The first-order valence-electron chi connectivity index (χ1n) is 7.73. The normalized spacial score (nSPS) is 11.0. The fourth-order valence-corrected chi connectivity index (χ4v) is 2.33. The van der Waals surface area contributed by atoms with Crippen LogP contribution in [0.15, 0.2) is 58.2 Å². The maximum Gasteiger partial charge on any atom is 0.248 e. The van der Waals surface area contributed by atoms with Crippen molar-refractivity contribution in [3.05, 3.63) is 65.3 Å². The molecule has 0 bridgehead atoms. The predicted molar refractivity (Wildman–Crippen MR) is 111 cm³/mol. The third-order valence-corrected chi connectivity index (χ3v) is 3.58. The van der Waals surface area contributed by atoms with Gasteiger partial charge >= 0.3 is 0 Å². The average Bonchev–Trinajstić information content (AvgIpc) is 3.10. The Balaban J connectivity index is 0.00000243. The van der Waals surface area contributed by atoms with Crippen LogP contribution in [0.4, 0.5) is 0 Å². The van der Waals surface area contributed by atoms with Gasteiger partial charge in [-0.05, 0) is 24.3 Å². The second-order valence-electron chi connectivity index (χ2n) is 5.22. The van der Waals surface area contributed by atoms with E-state index in [1.54, 1.807) is 18.3 Å². The molecular formula is C17H18ClIN6O. The highest BCUT2D eigenvalue weighted by Gasteiger charge is 2.08. The SMILES string of the molecule is I.NC(=NCc1nc(-c2cccc(Cl)c2)no1)NCCc1ccccn1. The van der Waals surface area contributed by atoms with E-state index in [2.05, 4.69) is 25.4 Å². The lowest BCUT2D eigenvalue weighted by Crippen LogP contribution is -2.33. The number of nitrogens with zero attached hydrogens (tertiary/aromatic N) is 4. The van der Waals surface area contributed by atoms with Gasteiger partial charge in [-0.3, -0.25) is 4.98 Å². The number of aromatic nitrogens is 3. The molecule has 3 aromatic rings. The lowest BCUT2D eigenvalue weighted by atomic mass is 10.2. The van der Waals surface area contributed by atoms with Gasteiger partial charge in [-0.2, -0.15) is 4.98 Å². The molecule has 0 spiro atoms. The zero-order valence-corrected chi connectivity index (χ0v) is 16.9. The number of nitrogens with two attached hydrogens (primary N) is 1. The largest absolute Gasteiger partial charge is 0.370 e. The van der Waals surface area contributed by atoms with Crippen LogP contribution in [0.1, 0.15) is 11.6 Å². The van der Waals surface area contributed by atoms with Crippen LogP contribution in [-0.4, -0.2) is 27.6 Å². The molecule has 0 aliphatic rings. The van der Waals surface area contributed by atoms with E-state index in [1.807, 2.05) is 30.3 Å². The second-order valence-corrected chi connectivity index (χ2v) is 5.66. The number of aliphatic imine (C=N–C) groups is 1. The zero-order valence-electron chi connectivity index (χ0n) is 13.8. The fraction of sp³-hybridized carbons (Fsp3) is 0.176. The molecule has 0 radical (unpaired) electrons. The van der Waals surface area contributed by atoms with Crippen molar-refractivity contribution < 1.29 is 4.52 Å². The number of pyridine rings is 1. The summed E-state index contributed by atoms with van der Waals surface area (Å²) < 4.78 is 5.18. The van der Waals surface area contributed by atoms with Gasteiger partial charge in [-0.15, -0.1) is 24.0 Å². The summed E-state index contributed by atoms with van der Waals surface area (Å²) in [5, 5.41) is 7.57. The summed E-state index contributed by atoms with van der Waals surface area (Å²) in [4.78, 5) is 12.7. The van der Waals surface area contributed by atoms with Gasteiger partial charge in [-0.25, -0.2) is 4.99 Å². The second kappa shape index (κ2) is 10.1. The summed E-state index contributed by atoms with van der Waals surface area (Å²) in [6, 6.07) is 13.0. The standard InChI is InChI=1S/C17H17ClN6O.HI/c18-13-5-3-4-12(10-13)16-23-15(25-24-16)11-22-17(19)21-9-7-14-6-1-2-8-20-14;/h1-6,8,10H,7,9,11H2,(H3,19,21,22);1H. The van der Waals surface area contributed by atoms with E-state index in [4.69, 9.17) is 21.9 Å². The molecule has 2 aromatic heterocycles. The molecule has 0 saturated heterocycles. The summed E-state index contributed by atoms with van der Waals surface area (Å²) in [6.07, 6.45) is 2.52. The average molecular weight is 485 g/mol. The predicted octanol–water partition coefficient (Wildman–Crippen LogP) is 3.05. The van der Waals surface area contributed by atoms with Crippen molar-refractivity contribution in [3.8, 4) is 11.4 Å². The van der Waals surface area contributed by atoms with Gasteiger partial charge in [0.15, 0.2) is 5.96 Å². The van der Waals surface area contributed by atoms with E-state index >= 15 is 0 Å². The molecule has 2 heterocycles. The lowest BCUT2D eigenvalue weighted by molar-refractivity contribution is 0.381. The van der Waals surface area contributed by atoms with Crippen LogP contribution in [0.2, 0.25) is 5.02 Å². The molecule has 0 aliphatic carbocycles. The minimum absolute atomic E-state index is 0. The number of halogens is 2. The zero-order chi connectivity index (χ0) is 17.5. The van der Waals surface area contributed by atoms with E-state index in [1.165, 1.54) is 0 Å². The van der Waals surface area contributed by atoms with Crippen LogP contribution in [0.5, 0.6) is 0 Å². The molecule has 0 atom stereocenters. The van der Waals surface area contributed by atoms with E-state index < -0.39 is 0 Å². The molecule has 1 aromatic carbocycles. The number of nitrogens with one attached hydrogen (secondary N) is 1. The molecule has 3 N–H and O–H groups in total. The van der Waals surface area contributed by atoms with Crippen LogP contribution in [-0.2, 0) is 13.0 Å². The summed E-state index contributed by atoms with van der Waals surface area (Å²) in [7, 11) is 0. The highest BCUT2D eigenvalue weighted by molar-refractivity contribution is 14.0. The Morgan fingerprint density at radius 1 is 1.23 bits per heavy atom. The maximum atomic E-state index is 5.96. The van der Waals surface area contributed by atoms with Crippen LogP contribution < -0.4 is 11.1 Å². The van der Waals surface area contributed by atoms with Crippen LogP contribution in [0, 0.1) is 0 Å². The molecule has 0 unspecified atom stereocenters. The highest BCUT2D eigenvalue weighted by Crippen LogP contribution is 2.19. The molecule has 0 saturated carbocycles. The van der Waals surface area contributed by atoms with E-state index in [-0.39, 0.29) is 30.5 Å². The Morgan fingerprint density at radius 3 is 2.88 bits per heavy atom.